The Balaban J connectivity index is 1.19. The van der Waals surface area contributed by atoms with E-state index in [2.05, 4.69) is 12.2 Å². The van der Waals surface area contributed by atoms with Gasteiger partial charge in [-0.05, 0) is 66.5 Å². The van der Waals surface area contributed by atoms with Gasteiger partial charge in [0.2, 0.25) is 17.6 Å². The molecule has 7 rings (SSSR count). The lowest BCUT2D eigenvalue weighted by atomic mass is 9.63. The summed E-state index contributed by atoms with van der Waals surface area (Å²) in [7, 11) is 0. The van der Waals surface area contributed by atoms with Crippen molar-refractivity contribution in [2.24, 2.45) is 35.5 Å². The fraction of sp³-hybridized carbons (Fsp3) is 0.308. The van der Waals surface area contributed by atoms with E-state index in [9.17, 15) is 19.2 Å². The highest BCUT2D eigenvalue weighted by Gasteiger charge is 2.67. The van der Waals surface area contributed by atoms with Crippen molar-refractivity contribution in [1.29, 1.82) is 0 Å². The summed E-state index contributed by atoms with van der Waals surface area (Å²) in [6, 6.07) is 10.6. The van der Waals surface area contributed by atoms with E-state index in [1.807, 2.05) is 0 Å². The predicted octanol–water partition coefficient (Wildman–Crippen LogP) is 4.59. The van der Waals surface area contributed by atoms with Gasteiger partial charge in [-0.1, -0.05) is 41.4 Å². The number of carbonyl (C=O) groups is 4. The number of hydrogen-bond donors (Lipinski definition) is 0. The zero-order chi connectivity index (χ0) is 23.7. The smallest absolute Gasteiger partial charge is 0.338 e. The first-order chi connectivity index (χ1) is 16.3. The van der Waals surface area contributed by atoms with E-state index >= 15 is 0 Å². The second-order valence-corrected chi connectivity index (χ2v) is 10.2. The topological polar surface area (TPSA) is 80.8 Å². The van der Waals surface area contributed by atoms with E-state index in [-0.39, 0.29) is 51.6 Å². The molecule has 6 atom stereocenters. The molecule has 1 aliphatic heterocycles. The van der Waals surface area contributed by atoms with Gasteiger partial charge >= 0.3 is 5.97 Å². The molecule has 0 spiro atoms. The van der Waals surface area contributed by atoms with Gasteiger partial charge in [0.15, 0.2) is 6.61 Å². The first kappa shape index (κ1) is 21.6. The van der Waals surface area contributed by atoms with Gasteiger partial charge in [0.25, 0.3) is 0 Å². The number of amides is 2. The molecule has 3 fully saturated rings. The summed E-state index contributed by atoms with van der Waals surface area (Å²) in [5, 5.41) is 0.561. The van der Waals surface area contributed by atoms with Gasteiger partial charge in [-0.15, -0.1) is 0 Å². The van der Waals surface area contributed by atoms with Crippen molar-refractivity contribution >= 4 is 52.5 Å². The fourth-order valence-corrected chi connectivity index (χ4v) is 6.51. The molecule has 2 bridgehead atoms. The summed E-state index contributed by atoms with van der Waals surface area (Å²) in [4.78, 5) is 52.9. The number of Topliss-reactive ketones (excluding diaryl/α,β-unsaturated/α-hetero) is 1. The van der Waals surface area contributed by atoms with Crippen molar-refractivity contribution in [2.75, 3.05) is 11.5 Å². The van der Waals surface area contributed by atoms with E-state index in [1.54, 1.807) is 12.1 Å². The molecule has 34 heavy (non-hydrogen) atoms. The number of nitrogens with zero attached hydrogens (tertiary/aromatic N) is 1. The van der Waals surface area contributed by atoms with E-state index in [0.717, 1.165) is 6.42 Å². The zero-order valence-electron chi connectivity index (χ0n) is 17.8. The number of esters is 1. The third-order valence-corrected chi connectivity index (χ3v) is 8.12. The average molecular weight is 496 g/mol. The molecule has 0 N–H and O–H groups in total. The summed E-state index contributed by atoms with van der Waals surface area (Å²) in [6.07, 6.45) is 5.33. The summed E-state index contributed by atoms with van der Waals surface area (Å²) in [6.45, 7) is -0.506. The molecule has 2 amide bonds. The second kappa shape index (κ2) is 7.79. The molecular weight excluding hydrogens is 477 g/mol. The lowest BCUT2D eigenvalue weighted by Crippen LogP contribution is -2.40. The van der Waals surface area contributed by atoms with Crippen LogP contribution in [0.4, 0.5) is 5.69 Å². The lowest BCUT2D eigenvalue weighted by molar-refractivity contribution is -0.124. The van der Waals surface area contributed by atoms with E-state index in [1.165, 1.54) is 35.2 Å². The summed E-state index contributed by atoms with van der Waals surface area (Å²) >= 11 is 11.9. The maximum absolute atomic E-state index is 13.3. The molecule has 2 aromatic carbocycles. The third kappa shape index (κ3) is 3.23. The Labute approximate surface area is 205 Å². The van der Waals surface area contributed by atoms with Crippen LogP contribution in [0.1, 0.15) is 27.1 Å². The van der Waals surface area contributed by atoms with Crippen molar-refractivity contribution < 1.29 is 23.9 Å². The Morgan fingerprint density at radius 3 is 2.26 bits per heavy atom. The lowest BCUT2D eigenvalue weighted by Gasteiger charge is -2.37. The van der Waals surface area contributed by atoms with Gasteiger partial charge in [-0.25, -0.2) is 9.69 Å². The number of benzene rings is 2. The van der Waals surface area contributed by atoms with Gasteiger partial charge in [0.05, 0.1) is 28.1 Å². The molecule has 1 saturated heterocycles. The average Bonchev–Trinajstić information content (AvgIpc) is 3.60. The molecule has 0 aromatic heterocycles. The van der Waals surface area contributed by atoms with Crippen LogP contribution in [-0.2, 0) is 14.3 Å². The van der Waals surface area contributed by atoms with Crippen LogP contribution in [0.5, 0.6) is 0 Å². The van der Waals surface area contributed by atoms with Crippen molar-refractivity contribution in [2.45, 2.75) is 6.42 Å². The van der Waals surface area contributed by atoms with Crippen LogP contribution in [-0.4, -0.2) is 30.2 Å². The Bertz CT molecular complexity index is 1270. The molecule has 2 saturated carbocycles. The van der Waals surface area contributed by atoms with Crippen LogP contribution >= 0.6 is 23.2 Å². The first-order valence-corrected chi connectivity index (χ1v) is 11.9. The molecule has 5 aliphatic rings. The maximum Gasteiger partial charge on any atom is 0.338 e. The van der Waals surface area contributed by atoms with E-state index < -0.39 is 18.4 Å². The van der Waals surface area contributed by atoms with E-state index in [0.29, 0.717) is 22.5 Å². The summed E-state index contributed by atoms with van der Waals surface area (Å²) < 4.78 is 5.18. The normalized spacial score (nSPS) is 30.2. The van der Waals surface area contributed by atoms with Crippen molar-refractivity contribution in [3.63, 3.8) is 0 Å². The van der Waals surface area contributed by atoms with Crippen molar-refractivity contribution in [1.82, 2.24) is 0 Å². The number of ether oxygens (including phenoxy) is 1. The Kier molecular flexibility index (Phi) is 4.94. The van der Waals surface area contributed by atoms with Crippen LogP contribution in [0, 0.1) is 35.5 Å². The standard InChI is InChI=1S/C26H19Cl2NO5/c27-13-4-5-17(20(28)9-13)21(30)11-34-26(33)12-2-1-3-14(8-12)29-24(31)22-15-6-7-16(19-10-18(15)19)23(22)25(29)32/h1-9,15-16,18-19,22-23H,10-11H2/t15-,16-,18-,19-,22+,23+/m1/s1. The number of imide groups is 1. The number of allylic oxidation sites excluding steroid dienone is 2. The molecule has 6 nitrogen and oxygen atoms in total. The van der Waals surface area contributed by atoms with Crippen LogP contribution in [0.25, 0.3) is 0 Å². The number of ketones is 1. The van der Waals surface area contributed by atoms with E-state index in [4.69, 9.17) is 27.9 Å². The Morgan fingerprint density at radius 2 is 1.62 bits per heavy atom. The van der Waals surface area contributed by atoms with Crippen LogP contribution < -0.4 is 4.90 Å². The Morgan fingerprint density at radius 1 is 0.941 bits per heavy atom. The number of hydrogen-bond acceptors (Lipinski definition) is 5. The molecule has 0 unspecified atom stereocenters. The highest BCUT2D eigenvalue weighted by molar-refractivity contribution is 6.36. The van der Waals surface area contributed by atoms with Gasteiger partial charge in [-0.3, -0.25) is 14.4 Å². The van der Waals surface area contributed by atoms with Gasteiger partial charge in [0.1, 0.15) is 0 Å². The largest absolute Gasteiger partial charge is 0.454 e. The molecule has 172 valence electrons. The highest BCUT2D eigenvalue weighted by atomic mass is 35.5. The quantitative estimate of drug-likeness (QED) is 0.262. The first-order valence-electron chi connectivity index (χ1n) is 11.2. The highest BCUT2D eigenvalue weighted by Crippen LogP contribution is 2.65. The maximum atomic E-state index is 13.3. The molecule has 0 radical (unpaired) electrons. The SMILES string of the molecule is O=C(OCC(=O)c1ccc(Cl)cc1Cl)c1cccc(N2C(=O)[C@H]3[C@@H]4C=C[C@H]([C@H]5C[C@H]45)[C@@H]3C2=O)c1. The Hall–Kier alpha value is -2.96. The van der Waals surface area contributed by atoms with Crippen molar-refractivity contribution in [3.05, 3.63) is 75.8 Å². The van der Waals surface area contributed by atoms with Crippen LogP contribution in [0.3, 0.4) is 0 Å². The fourth-order valence-electron chi connectivity index (χ4n) is 5.99. The number of rotatable bonds is 5. The molecular formula is C26H19Cl2NO5. The van der Waals surface area contributed by atoms with Crippen LogP contribution in [0.15, 0.2) is 54.6 Å². The second-order valence-electron chi connectivity index (χ2n) is 9.34. The molecule has 2 aromatic rings. The third-order valence-electron chi connectivity index (χ3n) is 7.57. The molecule has 4 aliphatic carbocycles. The molecule has 8 heteroatoms. The summed E-state index contributed by atoms with van der Waals surface area (Å²) in [5.41, 5.74) is 0.690. The number of anilines is 1. The number of carbonyl (C=O) groups excluding carboxylic acids is 4. The predicted molar refractivity (Wildman–Crippen MR) is 125 cm³/mol. The van der Waals surface area contributed by atoms with Crippen LogP contribution in [0.2, 0.25) is 10.0 Å². The minimum atomic E-state index is -0.736. The van der Waals surface area contributed by atoms with Gasteiger partial charge in [-0.2, -0.15) is 0 Å². The minimum absolute atomic E-state index is 0.125. The zero-order valence-corrected chi connectivity index (χ0v) is 19.3. The molecule has 1 heterocycles. The number of halogens is 2. The van der Waals surface area contributed by atoms with Gasteiger partial charge < -0.3 is 4.74 Å². The van der Waals surface area contributed by atoms with Crippen molar-refractivity contribution in [3.8, 4) is 0 Å². The summed E-state index contributed by atoms with van der Waals surface area (Å²) in [5.74, 6) is -0.952. The minimum Gasteiger partial charge on any atom is -0.454 e. The monoisotopic (exact) mass is 495 g/mol. The van der Waals surface area contributed by atoms with Gasteiger partial charge in [0, 0.05) is 10.6 Å².